The topological polar surface area (TPSA) is 72.1 Å². The summed E-state index contributed by atoms with van der Waals surface area (Å²) in [5.74, 6) is -0.417. The minimum atomic E-state index is -0.417. The van der Waals surface area contributed by atoms with Crippen molar-refractivity contribution in [2.45, 2.75) is 25.7 Å². The maximum absolute atomic E-state index is 12.2. The fourth-order valence-electron chi connectivity index (χ4n) is 2.80. The van der Waals surface area contributed by atoms with Crippen molar-refractivity contribution in [3.8, 4) is 0 Å². The van der Waals surface area contributed by atoms with E-state index in [4.69, 9.17) is 4.74 Å². The first-order valence-electron chi connectivity index (χ1n) is 8.32. The van der Waals surface area contributed by atoms with Crippen LogP contribution in [-0.2, 0) is 17.6 Å². The standard InChI is InChI=1S/C20H20N2O3/c1-25-20(24)15-11-12-16-18(13-15)21-17(19(23)22-16)10-6-5-9-14-7-3-2-4-8-14/h2-4,7-8,11-13H,5-6,9-10H2,1H3,(H,22,23). The summed E-state index contributed by atoms with van der Waals surface area (Å²) in [7, 11) is 1.34. The van der Waals surface area contributed by atoms with Crippen molar-refractivity contribution < 1.29 is 9.53 Å². The lowest BCUT2D eigenvalue weighted by Gasteiger charge is -2.05. The van der Waals surface area contributed by atoms with E-state index in [1.807, 2.05) is 18.2 Å². The molecule has 5 heteroatoms. The Bertz CT molecular complexity index is 933. The molecule has 0 unspecified atom stereocenters. The van der Waals surface area contributed by atoms with Crippen molar-refractivity contribution in [2.24, 2.45) is 0 Å². The predicted molar refractivity (Wildman–Crippen MR) is 96.8 cm³/mol. The zero-order chi connectivity index (χ0) is 17.6. The number of aryl methyl sites for hydroxylation is 2. The molecule has 3 rings (SSSR count). The number of rotatable bonds is 6. The molecule has 0 radical (unpaired) electrons. The molecular formula is C20H20N2O3. The predicted octanol–water partition coefficient (Wildman–Crippen LogP) is 3.28. The Kier molecular flexibility index (Phi) is 5.23. The molecular weight excluding hydrogens is 316 g/mol. The number of hydrogen-bond donors (Lipinski definition) is 1. The van der Waals surface area contributed by atoms with Crippen LogP contribution in [0.4, 0.5) is 0 Å². The molecule has 128 valence electrons. The number of nitrogens with one attached hydrogen (secondary N) is 1. The van der Waals surface area contributed by atoms with Gasteiger partial charge in [-0.3, -0.25) is 4.79 Å². The van der Waals surface area contributed by atoms with E-state index in [1.54, 1.807) is 18.2 Å². The Balaban J connectivity index is 1.71. The van der Waals surface area contributed by atoms with Gasteiger partial charge in [-0.05, 0) is 49.4 Å². The number of aromatic amines is 1. The third kappa shape index (κ3) is 4.12. The average Bonchev–Trinajstić information content (AvgIpc) is 2.65. The van der Waals surface area contributed by atoms with E-state index in [1.165, 1.54) is 12.7 Å². The van der Waals surface area contributed by atoms with Gasteiger partial charge in [0.2, 0.25) is 0 Å². The van der Waals surface area contributed by atoms with Crippen LogP contribution in [0.15, 0.2) is 53.3 Å². The maximum atomic E-state index is 12.2. The van der Waals surface area contributed by atoms with Crippen molar-refractivity contribution in [2.75, 3.05) is 7.11 Å². The number of benzene rings is 2. The van der Waals surface area contributed by atoms with Crippen LogP contribution in [0.2, 0.25) is 0 Å². The molecule has 1 N–H and O–H groups in total. The van der Waals surface area contributed by atoms with E-state index in [0.717, 1.165) is 19.3 Å². The fraction of sp³-hybridized carbons (Fsp3) is 0.250. The van der Waals surface area contributed by atoms with Crippen LogP contribution < -0.4 is 5.56 Å². The lowest BCUT2D eigenvalue weighted by Crippen LogP contribution is -2.15. The molecule has 0 fully saturated rings. The fourth-order valence-corrected chi connectivity index (χ4v) is 2.80. The summed E-state index contributed by atoms with van der Waals surface area (Å²) in [6.07, 6.45) is 3.47. The highest BCUT2D eigenvalue weighted by Gasteiger charge is 2.09. The van der Waals surface area contributed by atoms with E-state index in [2.05, 4.69) is 22.1 Å². The van der Waals surface area contributed by atoms with E-state index < -0.39 is 5.97 Å². The second-order valence-electron chi connectivity index (χ2n) is 5.93. The van der Waals surface area contributed by atoms with Gasteiger partial charge in [-0.25, -0.2) is 9.78 Å². The molecule has 0 aliphatic carbocycles. The largest absolute Gasteiger partial charge is 0.465 e. The van der Waals surface area contributed by atoms with Crippen molar-refractivity contribution in [1.82, 2.24) is 9.97 Å². The van der Waals surface area contributed by atoms with Crippen LogP contribution in [0, 0.1) is 0 Å². The number of nitrogens with zero attached hydrogens (tertiary/aromatic N) is 1. The monoisotopic (exact) mass is 336 g/mol. The summed E-state index contributed by atoms with van der Waals surface area (Å²) in [6.45, 7) is 0. The van der Waals surface area contributed by atoms with Crippen molar-refractivity contribution in [3.63, 3.8) is 0 Å². The van der Waals surface area contributed by atoms with Crippen LogP contribution in [0.25, 0.3) is 11.0 Å². The molecule has 25 heavy (non-hydrogen) atoms. The molecule has 0 amide bonds. The van der Waals surface area contributed by atoms with Gasteiger partial charge in [-0.15, -0.1) is 0 Å². The van der Waals surface area contributed by atoms with Gasteiger partial charge in [0.05, 0.1) is 23.7 Å². The van der Waals surface area contributed by atoms with Crippen LogP contribution in [-0.4, -0.2) is 23.0 Å². The minimum absolute atomic E-state index is 0.168. The van der Waals surface area contributed by atoms with Crippen molar-refractivity contribution >= 4 is 17.0 Å². The molecule has 0 aliphatic rings. The van der Waals surface area contributed by atoms with Crippen LogP contribution >= 0.6 is 0 Å². The second kappa shape index (κ2) is 7.75. The number of fused-ring (bicyclic) bond motifs is 1. The summed E-state index contributed by atoms with van der Waals surface area (Å²) in [6, 6.07) is 15.2. The van der Waals surface area contributed by atoms with Gasteiger partial charge >= 0.3 is 5.97 Å². The van der Waals surface area contributed by atoms with Gasteiger partial charge < -0.3 is 9.72 Å². The number of carbonyl (C=O) groups is 1. The van der Waals surface area contributed by atoms with Gasteiger partial charge in [0.25, 0.3) is 5.56 Å². The molecule has 0 bridgehead atoms. The number of H-pyrrole nitrogens is 1. The van der Waals surface area contributed by atoms with Gasteiger partial charge in [0, 0.05) is 0 Å². The summed E-state index contributed by atoms with van der Waals surface area (Å²) in [5.41, 5.74) is 3.27. The van der Waals surface area contributed by atoms with Crippen LogP contribution in [0.5, 0.6) is 0 Å². The number of aromatic nitrogens is 2. The molecule has 2 aromatic carbocycles. The molecule has 1 aromatic heterocycles. The Morgan fingerprint density at radius 2 is 1.84 bits per heavy atom. The highest BCUT2D eigenvalue weighted by molar-refractivity contribution is 5.93. The highest BCUT2D eigenvalue weighted by Crippen LogP contribution is 2.13. The third-order valence-corrected chi connectivity index (χ3v) is 4.16. The summed E-state index contributed by atoms with van der Waals surface area (Å²) < 4.78 is 4.72. The smallest absolute Gasteiger partial charge is 0.337 e. The molecule has 0 atom stereocenters. The van der Waals surface area contributed by atoms with Crippen LogP contribution in [0.1, 0.15) is 34.5 Å². The molecule has 3 aromatic rings. The number of unbranched alkanes of at least 4 members (excludes halogenated alkanes) is 1. The van der Waals surface area contributed by atoms with Crippen LogP contribution in [0.3, 0.4) is 0 Å². The Morgan fingerprint density at radius 3 is 2.60 bits per heavy atom. The zero-order valence-corrected chi connectivity index (χ0v) is 14.1. The Hall–Kier alpha value is -2.95. The summed E-state index contributed by atoms with van der Waals surface area (Å²) in [4.78, 5) is 31.1. The Labute approximate surface area is 145 Å². The first-order valence-corrected chi connectivity index (χ1v) is 8.32. The molecule has 0 aliphatic heterocycles. The Morgan fingerprint density at radius 1 is 1.08 bits per heavy atom. The second-order valence-corrected chi connectivity index (χ2v) is 5.93. The van der Waals surface area contributed by atoms with E-state index in [9.17, 15) is 9.59 Å². The lowest BCUT2D eigenvalue weighted by molar-refractivity contribution is 0.0601. The molecule has 0 saturated heterocycles. The van der Waals surface area contributed by atoms with Gasteiger partial charge in [-0.2, -0.15) is 0 Å². The van der Waals surface area contributed by atoms with Gasteiger partial charge in [-0.1, -0.05) is 30.3 Å². The number of esters is 1. The number of hydrogen-bond acceptors (Lipinski definition) is 4. The number of methoxy groups -OCH3 is 1. The summed E-state index contributed by atoms with van der Waals surface area (Å²) in [5, 5.41) is 0. The summed E-state index contributed by atoms with van der Waals surface area (Å²) >= 11 is 0. The quantitative estimate of drug-likeness (QED) is 0.554. The third-order valence-electron chi connectivity index (χ3n) is 4.16. The van der Waals surface area contributed by atoms with Crippen molar-refractivity contribution in [1.29, 1.82) is 0 Å². The van der Waals surface area contributed by atoms with E-state index in [-0.39, 0.29) is 5.56 Å². The minimum Gasteiger partial charge on any atom is -0.465 e. The van der Waals surface area contributed by atoms with Gasteiger partial charge in [0.1, 0.15) is 5.69 Å². The first kappa shape index (κ1) is 16.9. The van der Waals surface area contributed by atoms with Gasteiger partial charge in [0.15, 0.2) is 0 Å². The average molecular weight is 336 g/mol. The maximum Gasteiger partial charge on any atom is 0.337 e. The first-order chi connectivity index (χ1) is 12.2. The van der Waals surface area contributed by atoms with Crippen molar-refractivity contribution in [3.05, 3.63) is 75.7 Å². The molecule has 1 heterocycles. The van der Waals surface area contributed by atoms with E-state index >= 15 is 0 Å². The lowest BCUT2D eigenvalue weighted by atomic mass is 10.1. The molecule has 5 nitrogen and oxygen atoms in total. The molecule has 0 saturated carbocycles. The normalized spacial score (nSPS) is 10.8. The highest BCUT2D eigenvalue weighted by atomic mass is 16.5. The number of ether oxygens (including phenoxy) is 1. The zero-order valence-electron chi connectivity index (χ0n) is 14.1. The molecule has 0 spiro atoms. The van der Waals surface area contributed by atoms with E-state index in [0.29, 0.717) is 28.7 Å². The SMILES string of the molecule is COC(=O)c1ccc2[nH]c(=O)c(CCCCc3ccccc3)nc2c1. The number of carbonyl (C=O) groups excluding carboxylic acids is 1.